The molecule has 0 bridgehead atoms. The maximum Gasteiger partial charge on any atom is 0.252 e. The van der Waals surface area contributed by atoms with E-state index in [1.807, 2.05) is 4.90 Å². The van der Waals surface area contributed by atoms with Crippen molar-refractivity contribution in [1.82, 2.24) is 13.5 Å². The predicted octanol–water partition coefficient (Wildman–Crippen LogP) is 2.23. The van der Waals surface area contributed by atoms with Crippen molar-refractivity contribution >= 4 is 70.3 Å². The van der Waals surface area contributed by atoms with Crippen LogP contribution in [0.25, 0.3) is 0 Å². The molecule has 0 saturated carbocycles. The molecule has 0 unspecified atom stereocenters. The fourth-order valence-corrected chi connectivity index (χ4v) is 8.84. The Morgan fingerprint density at radius 3 is 2.06 bits per heavy atom. The van der Waals surface area contributed by atoms with Gasteiger partial charge >= 0.3 is 0 Å². The smallest absolute Gasteiger partial charge is 0.252 e. The first-order chi connectivity index (χ1) is 15.7. The molecule has 0 spiro atoms. The number of thiophene rings is 1. The van der Waals surface area contributed by atoms with E-state index in [2.05, 4.69) is 21.2 Å². The number of halogens is 1. The van der Waals surface area contributed by atoms with E-state index in [0.717, 1.165) is 3.79 Å². The summed E-state index contributed by atoms with van der Waals surface area (Å²) in [6.45, 7) is 3.06. The first-order valence-electron chi connectivity index (χ1n) is 10.2. The molecule has 2 aliphatic heterocycles. The number of piperazine rings is 1. The van der Waals surface area contributed by atoms with Gasteiger partial charge in [0, 0.05) is 45.0 Å². The molecule has 0 amide bonds. The van der Waals surface area contributed by atoms with Crippen LogP contribution in [-0.4, -0.2) is 87.9 Å². The maximum absolute atomic E-state index is 12.8. The highest BCUT2D eigenvalue weighted by Gasteiger charge is 2.30. The van der Waals surface area contributed by atoms with Gasteiger partial charge in [-0.1, -0.05) is 0 Å². The summed E-state index contributed by atoms with van der Waals surface area (Å²) in [4.78, 5) is 2.13. The standard InChI is InChI=1S/C19H23BrN4O5S4/c20-17-5-6-18(31-17)33(27,28)23-9-7-22(8-10-23)19(30)21-15-1-3-16(4-2-15)32(25,26)24-11-13-29-14-12-24/h1-6H,7-14H2,(H,21,30). The summed E-state index contributed by atoms with van der Waals surface area (Å²) in [5, 5.41) is 3.58. The minimum absolute atomic E-state index is 0.222. The van der Waals surface area contributed by atoms with Crippen LogP contribution in [0.5, 0.6) is 0 Å². The number of nitrogens with zero attached hydrogens (tertiary/aromatic N) is 3. The Labute approximate surface area is 211 Å². The van der Waals surface area contributed by atoms with Gasteiger partial charge in [0.2, 0.25) is 10.0 Å². The Balaban J connectivity index is 1.34. The maximum atomic E-state index is 12.8. The van der Waals surface area contributed by atoms with Gasteiger partial charge in [-0.3, -0.25) is 0 Å². The molecule has 3 heterocycles. The van der Waals surface area contributed by atoms with Crippen molar-refractivity contribution in [2.24, 2.45) is 0 Å². The second-order valence-electron chi connectivity index (χ2n) is 7.42. The molecule has 33 heavy (non-hydrogen) atoms. The largest absolute Gasteiger partial charge is 0.379 e. The molecule has 0 radical (unpaired) electrons. The fourth-order valence-electron chi connectivity index (χ4n) is 3.54. The first-order valence-corrected chi connectivity index (χ1v) is 15.1. The highest BCUT2D eigenvalue weighted by Crippen LogP contribution is 2.29. The summed E-state index contributed by atoms with van der Waals surface area (Å²) in [7, 11) is -7.07. The van der Waals surface area contributed by atoms with Gasteiger partial charge in [-0.2, -0.15) is 8.61 Å². The summed E-state index contributed by atoms with van der Waals surface area (Å²) in [6, 6.07) is 9.79. The van der Waals surface area contributed by atoms with Crippen LogP contribution in [0, 0.1) is 0 Å². The van der Waals surface area contributed by atoms with E-state index in [0.29, 0.717) is 67.5 Å². The van der Waals surface area contributed by atoms with Crippen molar-refractivity contribution in [1.29, 1.82) is 0 Å². The average Bonchev–Trinajstić information content (AvgIpc) is 3.27. The van der Waals surface area contributed by atoms with Gasteiger partial charge < -0.3 is 15.0 Å². The lowest BCUT2D eigenvalue weighted by molar-refractivity contribution is 0.0730. The van der Waals surface area contributed by atoms with Gasteiger partial charge in [-0.15, -0.1) is 11.3 Å². The Morgan fingerprint density at radius 2 is 1.48 bits per heavy atom. The topological polar surface area (TPSA) is 99.3 Å². The molecule has 2 saturated heterocycles. The lowest BCUT2D eigenvalue weighted by Gasteiger charge is -2.35. The van der Waals surface area contributed by atoms with Gasteiger partial charge in [-0.25, -0.2) is 16.8 Å². The molecule has 180 valence electrons. The number of morpholine rings is 1. The molecule has 4 rings (SSSR count). The normalized spacial score (nSPS) is 18.9. The number of sulfonamides is 2. The average molecular weight is 596 g/mol. The lowest BCUT2D eigenvalue weighted by Crippen LogP contribution is -2.51. The summed E-state index contributed by atoms with van der Waals surface area (Å²) in [5.41, 5.74) is 0.666. The number of benzene rings is 1. The summed E-state index contributed by atoms with van der Waals surface area (Å²) in [5.74, 6) is 0. The van der Waals surface area contributed by atoms with E-state index in [9.17, 15) is 16.8 Å². The van der Waals surface area contributed by atoms with E-state index in [1.54, 1.807) is 36.4 Å². The highest BCUT2D eigenvalue weighted by molar-refractivity contribution is 9.11. The SMILES string of the molecule is O=S(=O)(c1ccc(NC(=S)N2CCN(S(=O)(=O)c3ccc(Br)s3)CC2)cc1)N1CCOCC1. The van der Waals surface area contributed by atoms with Gasteiger partial charge in [0.25, 0.3) is 10.0 Å². The summed E-state index contributed by atoms with van der Waals surface area (Å²) < 4.78 is 60.3. The zero-order chi connectivity index (χ0) is 23.6. The van der Waals surface area contributed by atoms with Crippen LogP contribution >= 0.6 is 39.5 Å². The van der Waals surface area contributed by atoms with E-state index >= 15 is 0 Å². The highest BCUT2D eigenvalue weighted by atomic mass is 79.9. The number of ether oxygens (including phenoxy) is 1. The summed E-state index contributed by atoms with van der Waals surface area (Å²) >= 11 is 9.99. The van der Waals surface area contributed by atoms with Gasteiger partial charge in [-0.05, 0) is 64.5 Å². The number of nitrogens with one attached hydrogen (secondary N) is 1. The molecule has 1 aromatic heterocycles. The molecule has 14 heteroatoms. The van der Waals surface area contributed by atoms with Crippen LogP contribution in [0.3, 0.4) is 0 Å². The van der Waals surface area contributed by atoms with Crippen LogP contribution in [0.15, 0.2) is 49.3 Å². The third-order valence-electron chi connectivity index (χ3n) is 5.38. The molecule has 1 aromatic carbocycles. The minimum atomic E-state index is -3.55. The van der Waals surface area contributed by atoms with Crippen molar-refractivity contribution in [2.45, 2.75) is 9.10 Å². The molecule has 0 atom stereocenters. The Morgan fingerprint density at radius 1 is 0.879 bits per heavy atom. The number of hydrogen-bond acceptors (Lipinski definition) is 7. The third kappa shape index (κ3) is 5.59. The van der Waals surface area contributed by atoms with Crippen LogP contribution in [0.4, 0.5) is 5.69 Å². The van der Waals surface area contributed by atoms with Crippen LogP contribution < -0.4 is 5.32 Å². The minimum Gasteiger partial charge on any atom is -0.379 e. The summed E-state index contributed by atoms with van der Waals surface area (Å²) in [6.07, 6.45) is 0. The van der Waals surface area contributed by atoms with E-state index < -0.39 is 20.0 Å². The van der Waals surface area contributed by atoms with Crippen LogP contribution in [0.2, 0.25) is 0 Å². The Kier molecular flexibility index (Phi) is 7.75. The molecule has 9 nitrogen and oxygen atoms in total. The van der Waals surface area contributed by atoms with E-state index in [1.165, 1.54) is 19.9 Å². The quantitative estimate of drug-likeness (QED) is 0.526. The molecule has 2 fully saturated rings. The Hall–Kier alpha value is -1.13. The van der Waals surface area contributed by atoms with Crippen LogP contribution in [-0.2, 0) is 24.8 Å². The number of hydrogen-bond donors (Lipinski definition) is 1. The van der Waals surface area contributed by atoms with Gasteiger partial charge in [0.15, 0.2) is 5.11 Å². The number of thiocarbonyl (C=S) groups is 1. The van der Waals surface area contributed by atoms with E-state index in [4.69, 9.17) is 17.0 Å². The number of anilines is 1. The van der Waals surface area contributed by atoms with Crippen LogP contribution in [0.1, 0.15) is 0 Å². The predicted molar refractivity (Wildman–Crippen MR) is 135 cm³/mol. The van der Waals surface area contributed by atoms with Crippen molar-refractivity contribution < 1.29 is 21.6 Å². The fraction of sp³-hybridized carbons (Fsp3) is 0.421. The first kappa shape index (κ1) is 25.0. The van der Waals surface area contributed by atoms with Crippen molar-refractivity contribution in [3.05, 3.63) is 40.2 Å². The molecule has 2 aromatic rings. The van der Waals surface area contributed by atoms with Crippen molar-refractivity contribution in [3.63, 3.8) is 0 Å². The third-order valence-corrected chi connectivity index (χ3v) is 11.6. The molecule has 2 aliphatic rings. The second-order valence-corrected chi connectivity index (χ2v) is 14.4. The van der Waals surface area contributed by atoms with E-state index in [-0.39, 0.29) is 4.90 Å². The zero-order valence-corrected chi connectivity index (χ0v) is 22.4. The second kappa shape index (κ2) is 10.2. The number of rotatable bonds is 5. The Bertz CT molecular complexity index is 1200. The monoisotopic (exact) mass is 594 g/mol. The molecular weight excluding hydrogens is 572 g/mol. The zero-order valence-electron chi connectivity index (χ0n) is 17.5. The lowest BCUT2D eigenvalue weighted by atomic mass is 10.3. The molecule has 0 aliphatic carbocycles. The van der Waals surface area contributed by atoms with Gasteiger partial charge in [0.1, 0.15) is 4.21 Å². The molecular formula is C19H23BrN4O5S4. The van der Waals surface area contributed by atoms with Crippen molar-refractivity contribution in [2.75, 3.05) is 57.8 Å². The van der Waals surface area contributed by atoms with Gasteiger partial charge in [0.05, 0.1) is 21.9 Å². The molecule has 1 N–H and O–H groups in total. The van der Waals surface area contributed by atoms with Crippen molar-refractivity contribution in [3.8, 4) is 0 Å².